The maximum absolute atomic E-state index is 12.5. The van der Waals surface area contributed by atoms with Gasteiger partial charge in [-0.1, -0.05) is 13.8 Å². The van der Waals surface area contributed by atoms with Gasteiger partial charge in [0.2, 0.25) is 0 Å². The van der Waals surface area contributed by atoms with E-state index >= 15 is 0 Å². The second-order valence-corrected chi connectivity index (χ2v) is 6.07. The summed E-state index contributed by atoms with van der Waals surface area (Å²) in [5.74, 6) is 0.131. The van der Waals surface area contributed by atoms with Crippen molar-refractivity contribution in [3.63, 3.8) is 0 Å². The average molecular weight is 301 g/mol. The first-order valence-electron chi connectivity index (χ1n) is 7.35. The molecule has 22 heavy (non-hydrogen) atoms. The van der Waals surface area contributed by atoms with E-state index in [-0.39, 0.29) is 11.8 Å². The fourth-order valence-electron chi connectivity index (χ4n) is 2.15. The van der Waals surface area contributed by atoms with Crippen LogP contribution in [0.3, 0.4) is 0 Å². The van der Waals surface area contributed by atoms with E-state index in [2.05, 4.69) is 15.4 Å². The van der Waals surface area contributed by atoms with Gasteiger partial charge in [-0.3, -0.25) is 4.79 Å². The summed E-state index contributed by atoms with van der Waals surface area (Å²) in [5.41, 5.74) is 7.87. The van der Waals surface area contributed by atoms with Crippen molar-refractivity contribution in [3.05, 3.63) is 42.0 Å². The Kier molecular flexibility index (Phi) is 4.61. The van der Waals surface area contributed by atoms with Gasteiger partial charge in [0.1, 0.15) is 12.7 Å². The Morgan fingerprint density at radius 1 is 1.45 bits per heavy atom. The fourth-order valence-corrected chi connectivity index (χ4v) is 2.15. The Morgan fingerprint density at radius 2 is 2.18 bits per heavy atom. The molecule has 0 aliphatic rings. The first-order valence-corrected chi connectivity index (χ1v) is 7.35. The highest BCUT2D eigenvalue weighted by Crippen LogP contribution is 2.18. The molecule has 0 aliphatic heterocycles. The van der Waals surface area contributed by atoms with Crippen LogP contribution in [0.5, 0.6) is 0 Å². The molecule has 1 atom stereocenters. The molecule has 0 fully saturated rings. The predicted octanol–water partition coefficient (Wildman–Crippen LogP) is 1.68. The second-order valence-electron chi connectivity index (χ2n) is 6.07. The summed E-state index contributed by atoms with van der Waals surface area (Å²) in [4.78, 5) is 16.4. The number of benzene rings is 1. The lowest BCUT2D eigenvalue weighted by molar-refractivity contribution is 0.0883. The highest BCUT2D eigenvalue weighted by Gasteiger charge is 2.29. The zero-order chi connectivity index (χ0) is 16.3. The van der Waals surface area contributed by atoms with Crippen LogP contribution in [0.2, 0.25) is 0 Å². The van der Waals surface area contributed by atoms with Crippen molar-refractivity contribution in [3.8, 4) is 5.69 Å². The van der Waals surface area contributed by atoms with Gasteiger partial charge in [-0.25, -0.2) is 9.67 Å². The summed E-state index contributed by atoms with van der Waals surface area (Å²) in [6.07, 6.45) is 3.11. The van der Waals surface area contributed by atoms with E-state index in [0.29, 0.717) is 12.1 Å². The zero-order valence-electron chi connectivity index (χ0n) is 13.5. The predicted molar refractivity (Wildman–Crippen MR) is 85.9 cm³/mol. The Balaban J connectivity index is 2.23. The van der Waals surface area contributed by atoms with Crippen molar-refractivity contribution in [2.45, 2.75) is 33.2 Å². The number of nitrogens with one attached hydrogen (secondary N) is 1. The summed E-state index contributed by atoms with van der Waals surface area (Å²) in [6, 6.07) is 5.51. The topological polar surface area (TPSA) is 85.8 Å². The lowest BCUT2D eigenvalue weighted by Gasteiger charge is -2.33. The third-order valence-corrected chi connectivity index (χ3v) is 4.22. The van der Waals surface area contributed by atoms with Crippen LogP contribution in [0.1, 0.15) is 36.7 Å². The highest BCUT2D eigenvalue weighted by molar-refractivity contribution is 5.95. The van der Waals surface area contributed by atoms with Crippen molar-refractivity contribution in [2.24, 2.45) is 11.7 Å². The van der Waals surface area contributed by atoms with Crippen LogP contribution in [0, 0.1) is 12.8 Å². The molecule has 1 aromatic heterocycles. The third-order valence-electron chi connectivity index (χ3n) is 4.22. The van der Waals surface area contributed by atoms with Gasteiger partial charge in [0.25, 0.3) is 5.91 Å². The molecule has 0 radical (unpaired) electrons. The van der Waals surface area contributed by atoms with Gasteiger partial charge in [0.05, 0.1) is 11.2 Å². The van der Waals surface area contributed by atoms with Gasteiger partial charge in [-0.05, 0) is 43.5 Å². The first kappa shape index (κ1) is 16.2. The smallest absolute Gasteiger partial charge is 0.251 e. The molecule has 6 nitrogen and oxygen atoms in total. The molecule has 1 heterocycles. The zero-order valence-corrected chi connectivity index (χ0v) is 13.5. The molecule has 0 saturated heterocycles. The molecule has 0 saturated carbocycles. The number of carbonyl (C=O) groups is 1. The van der Waals surface area contributed by atoms with Crippen molar-refractivity contribution < 1.29 is 4.79 Å². The van der Waals surface area contributed by atoms with E-state index < -0.39 is 5.54 Å². The van der Waals surface area contributed by atoms with Gasteiger partial charge in [0.15, 0.2) is 0 Å². The van der Waals surface area contributed by atoms with Crippen LogP contribution < -0.4 is 11.1 Å². The van der Waals surface area contributed by atoms with Crippen LogP contribution in [0.4, 0.5) is 0 Å². The molecule has 1 amide bonds. The maximum Gasteiger partial charge on any atom is 0.251 e. The molecular weight excluding hydrogens is 278 g/mol. The van der Waals surface area contributed by atoms with E-state index in [1.165, 1.54) is 6.33 Å². The van der Waals surface area contributed by atoms with E-state index in [9.17, 15) is 4.79 Å². The number of aryl methyl sites for hydroxylation is 1. The number of amides is 1. The van der Waals surface area contributed by atoms with Crippen LogP contribution in [0.25, 0.3) is 5.69 Å². The van der Waals surface area contributed by atoms with Crippen LogP contribution in [-0.2, 0) is 0 Å². The Bertz CT molecular complexity index is 651. The van der Waals surface area contributed by atoms with Gasteiger partial charge in [0, 0.05) is 12.1 Å². The minimum atomic E-state index is -0.421. The Hall–Kier alpha value is -2.21. The van der Waals surface area contributed by atoms with Crippen molar-refractivity contribution in [1.29, 1.82) is 0 Å². The average Bonchev–Trinajstić information content (AvgIpc) is 3.00. The largest absolute Gasteiger partial charge is 0.345 e. The van der Waals surface area contributed by atoms with E-state index in [0.717, 1.165) is 11.3 Å². The molecule has 1 aromatic carbocycles. The lowest BCUT2D eigenvalue weighted by atomic mass is 9.88. The highest BCUT2D eigenvalue weighted by atomic mass is 16.1. The van der Waals surface area contributed by atoms with Gasteiger partial charge >= 0.3 is 0 Å². The van der Waals surface area contributed by atoms with Crippen molar-refractivity contribution >= 4 is 5.91 Å². The molecule has 6 heteroatoms. The molecule has 3 N–H and O–H groups in total. The molecular formula is C16H23N5O. The molecule has 118 valence electrons. The SMILES string of the molecule is Cc1cc(C(=O)NC(C)(CN)C(C)C)ccc1-n1cncn1. The van der Waals surface area contributed by atoms with Crippen LogP contribution in [0.15, 0.2) is 30.9 Å². The van der Waals surface area contributed by atoms with Crippen LogP contribution >= 0.6 is 0 Å². The molecule has 2 aromatic rings. The second kappa shape index (κ2) is 6.27. The Labute approximate surface area is 130 Å². The van der Waals surface area contributed by atoms with E-state index in [1.54, 1.807) is 17.1 Å². The summed E-state index contributed by atoms with van der Waals surface area (Å²) < 4.78 is 1.68. The molecule has 0 aliphatic carbocycles. The number of nitrogens with two attached hydrogens (primary N) is 1. The summed E-state index contributed by atoms with van der Waals surface area (Å²) in [6.45, 7) is 8.40. The van der Waals surface area contributed by atoms with Gasteiger partial charge < -0.3 is 11.1 Å². The number of rotatable bonds is 5. The number of nitrogens with zero attached hydrogens (tertiary/aromatic N) is 3. The maximum atomic E-state index is 12.5. The molecule has 0 bridgehead atoms. The minimum absolute atomic E-state index is 0.116. The van der Waals surface area contributed by atoms with Crippen LogP contribution in [-0.4, -0.2) is 32.8 Å². The summed E-state index contributed by atoms with van der Waals surface area (Å²) in [7, 11) is 0. The standard InChI is InChI=1S/C16H23N5O/c1-11(2)16(4,8-17)20-15(22)13-5-6-14(12(3)7-13)21-10-18-9-19-21/h5-7,9-11H,8,17H2,1-4H3,(H,20,22). The van der Waals surface area contributed by atoms with E-state index in [4.69, 9.17) is 5.73 Å². The van der Waals surface area contributed by atoms with Crippen molar-refractivity contribution in [1.82, 2.24) is 20.1 Å². The number of carbonyl (C=O) groups excluding carboxylic acids is 1. The Morgan fingerprint density at radius 3 is 2.68 bits per heavy atom. The normalized spacial score (nSPS) is 13.9. The minimum Gasteiger partial charge on any atom is -0.345 e. The molecule has 1 unspecified atom stereocenters. The molecule has 2 rings (SSSR count). The van der Waals surface area contributed by atoms with E-state index in [1.807, 2.05) is 39.8 Å². The summed E-state index contributed by atoms with van der Waals surface area (Å²) >= 11 is 0. The summed E-state index contributed by atoms with van der Waals surface area (Å²) in [5, 5.41) is 7.15. The first-order chi connectivity index (χ1) is 10.4. The number of hydrogen-bond acceptors (Lipinski definition) is 4. The number of aromatic nitrogens is 3. The van der Waals surface area contributed by atoms with Gasteiger partial charge in [-0.15, -0.1) is 0 Å². The third kappa shape index (κ3) is 3.17. The quantitative estimate of drug-likeness (QED) is 0.879. The van der Waals surface area contributed by atoms with Gasteiger partial charge in [-0.2, -0.15) is 5.10 Å². The lowest BCUT2D eigenvalue weighted by Crippen LogP contribution is -2.55. The fraction of sp³-hybridized carbons (Fsp3) is 0.438. The molecule has 0 spiro atoms. The monoisotopic (exact) mass is 301 g/mol. The van der Waals surface area contributed by atoms with Crippen molar-refractivity contribution in [2.75, 3.05) is 6.54 Å². The number of hydrogen-bond donors (Lipinski definition) is 2.